The van der Waals surface area contributed by atoms with E-state index in [1.165, 1.54) is 0 Å². The summed E-state index contributed by atoms with van der Waals surface area (Å²) >= 11 is 0. The summed E-state index contributed by atoms with van der Waals surface area (Å²) in [6.07, 6.45) is 1.89. The SMILES string of the molecule is CC(C)C(C)(CC(=O)NCC(=O)N1CCCC1)C(=O)O. The molecule has 0 aromatic heterocycles. The van der Waals surface area contributed by atoms with Crippen LogP contribution in [0.4, 0.5) is 0 Å². The van der Waals surface area contributed by atoms with Gasteiger partial charge in [0.2, 0.25) is 11.8 Å². The van der Waals surface area contributed by atoms with Crippen molar-refractivity contribution in [1.29, 1.82) is 0 Å². The van der Waals surface area contributed by atoms with E-state index in [4.69, 9.17) is 0 Å². The molecule has 2 N–H and O–H groups in total. The first-order chi connectivity index (χ1) is 9.27. The van der Waals surface area contributed by atoms with Gasteiger partial charge < -0.3 is 15.3 Å². The van der Waals surface area contributed by atoms with Gasteiger partial charge in [-0.1, -0.05) is 13.8 Å². The molecule has 0 aromatic rings. The van der Waals surface area contributed by atoms with Gasteiger partial charge in [-0.3, -0.25) is 14.4 Å². The maximum absolute atomic E-state index is 11.8. The summed E-state index contributed by atoms with van der Waals surface area (Å²) in [5, 5.41) is 11.8. The minimum absolute atomic E-state index is 0.0490. The lowest BCUT2D eigenvalue weighted by Gasteiger charge is -2.28. The summed E-state index contributed by atoms with van der Waals surface area (Å²) in [5.74, 6) is -1.65. The molecule has 0 aromatic carbocycles. The number of amides is 2. The number of carboxylic acid groups (broad SMARTS) is 1. The van der Waals surface area contributed by atoms with Gasteiger partial charge in [0, 0.05) is 19.5 Å². The molecule has 1 heterocycles. The van der Waals surface area contributed by atoms with Crippen molar-refractivity contribution in [1.82, 2.24) is 10.2 Å². The average molecular weight is 284 g/mol. The molecule has 20 heavy (non-hydrogen) atoms. The number of hydrogen-bond acceptors (Lipinski definition) is 3. The zero-order valence-corrected chi connectivity index (χ0v) is 12.4. The second-order valence-corrected chi connectivity index (χ2v) is 5.92. The predicted molar refractivity (Wildman–Crippen MR) is 74.0 cm³/mol. The van der Waals surface area contributed by atoms with Crippen LogP contribution in [-0.4, -0.2) is 47.4 Å². The lowest BCUT2D eigenvalue weighted by molar-refractivity contribution is -0.153. The van der Waals surface area contributed by atoms with E-state index in [0.29, 0.717) is 0 Å². The number of rotatable bonds is 6. The highest BCUT2D eigenvalue weighted by Gasteiger charge is 2.38. The summed E-state index contributed by atoms with van der Waals surface area (Å²) in [6.45, 7) is 6.54. The second-order valence-electron chi connectivity index (χ2n) is 5.92. The fourth-order valence-electron chi connectivity index (χ4n) is 2.18. The molecule has 1 fully saturated rings. The van der Waals surface area contributed by atoms with Crippen molar-refractivity contribution in [3.63, 3.8) is 0 Å². The van der Waals surface area contributed by atoms with E-state index >= 15 is 0 Å². The number of carbonyl (C=O) groups is 3. The smallest absolute Gasteiger partial charge is 0.310 e. The van der Waals surface area contributed by atoms with Gasteiger partial charge in [-0.2, -0.15) is 0 Å². The molecule has 0 spiro atoms. The van der Waals surface area contributed by atoms with Gasteiger partial charge in [0.05, 0.1) is 12.0 Å². The van der Waals surface area contributed by atoms with E-state index in [1.807, 2.05) is 0 Å². The van der Waals surface area contributed by atoms with Crippen LogP contribution >= 0.6 is 0 Å². The Labute approximate surface area is 119 Å². The van der Waals surface area contributed by atoms with Crippen molar-refractivity contribution < 1.29 is 19.5 Å². The van der Waals surface area contributed by atoms with Crippen molar-refractivity contribution in [3.05, 3.63) is 0 Å². The van der Waals surface area contributed by atoms with Crippen LogP contribution < -0.4 is 5.32 Å². The Hall–Kier alpha value is -1.59. The van der Waals surface area contributed by atoms with E-state index in [2.05, 4.69) is 5.32 Å². The Balaban J connectivity index is 2.46. The van der Waals surface area contributed by atoms with Gasteiger partial charge in [-0.05, 0) is 25.7 Å². The third-order valence-electron chi connectivity index (χ3n) is 4.19. The Morgan fingerprint density at radius 1 is 1.25 bits per heavy atom. The van der Waals surface area contributed by atoms with Crippen molar-refractivity contribution in [3.8, 4) is 0 Å². The number of aliphatic carboxylic acids is 1. The summed E-state index contributed by atoms with van der Waals surface area (Å²) in [6, 6.07) is 0. The first-order valence-electron chi connectivity index (χ1n) is 7.05. The van der Waals surface area contributed by atoms with Crippen LogP contribution in [0, 0.1) is 11.3 Å². The maximum atomic E-state index is 11.8. The number of likely N-dealkylation sites (tertiary alicyclic amines) is 1. The van der Waals surface area contributed by atoms with Crippen LogP contribution in [0.3, 0.4) is 0 Å². The Kier molecular flexibility index (Phi) is 5.53. The Bertz CT molecular complexity index is 389. The van der Waals surface area contributed by atoms with Crippen LogP contribution in [-0.2, 0) is 14.4 Å². The number of nitrogens with one attached hydrogen (secondary N) is 1. The van der Waals surface area contributed by atoms with Gasteiger partial charge in [-0.25, -0.2) is 0 Å². The molecular formula is C14H24N2O4. The summed E-state index contributed by atoms with van der Waals surface area (Å²) < 4.78 is 0. The van der Waals surface area contributed by atoms with Gasteiger partial charge >= 0.3 is 5.97 Å². The number of carboxylic acids is 1. The predicted octanol–water partition coefficient (Wildman–Crippen LogP) is 0.862. The van der Waals surface area contributed by atoms with Crippen LogP contribution in [0.25, 0.3) is 0 Å². The van der Waals surface area contributed by atoms with E-state index in [1.54, 1.807) is 25.7 Å². The van der Waals surface area contributed by atoms with Crippen molar-refractivity contribution in [2.45, 2.75) is 40.0 Å². The van der Waals surface area contributed by atoms with Gasteiger partial charge in [0.1, 0.15) is 0 Å². The van der Waals surface area contributed by atoms with Crippen LogP contribution in [0.5, 0.6) is 0 Å². The zero-order chi connectivity index (χ0) is 15.3. The third kappa shape index (κ3) is 3.95. The zero-order valence-electron chi connectivity index (χ0n) is 12.4. The normalized spacial score (nSPS) is 17.9. The fraction of sp³-hybridized carbons (Fsp3) is 0.786. The third-order valence-corrected chi connectivity index (χ3v) is 4.19. The molecule has 1 rings (SSSR count). The average Bonchev–Trinajstić information content (AvgIpc) is 2.89. The van der Waals surface area contributed by atoms with Gasteiger partial charge in [0.25, 0.3) is 0 Å². The summed E-state index contributed by atoms with van der Waals surface area (Å²) in [7, 11) is 0. The highest BCUT2D eigenvalue weighted by molar-refractivity contribution is 5.88. The number of hydrogen-bond donors (Lipinski definition) is 2. The molecule has 0 aliphatic carbocycles. The second kappa shape index (κ2) is 6.72. The molecule has 114 valence electrons. The molecule has 0 saturated carbocycles. The molecule has 1 atom stereocenters. The molecule has 1 aliphatic rings. The van der Waals surface area contributed by atoms with Crippen LogP contribution in [0.1, 0.15) is 40.0 Å². The highest BCUT2D eigenvalue weighted by Crippen LogP contribution is 2.31. The summed E-state index contributed by atoms with van der Waals surface area (Å²) in [5.41, 5.74) is -1.11. The molecule has 1 saturated heterocycles. The van der Waals surface area contributed by atoms with E-state index in [-0.39, 0.29) is 24.8 Å². The first-order valence-corrected chi connectivity index (χ1v) is 7.05. The van der Waals surface area contributed by atoms with E-state index < -0.39 is 17.3 Å². The lowest BCUT2D eigenvalue weighted by atomic mass is 9.76. The first kappa shape index (κ1) is 16.5. The molecule has 6 nitrogen and oxygen atoms in total. The minimum Gasteiger partial charge on any atom is -0.481 e. The lowest BCUT2D eigenvalue weighted by Crippen LogP contribution is -2.42. The van der Waals surface area contributed by atoms with E-state index in [0.717, 1.165) is 25.9 Å². The number of carbonyl (C=O) groups excluding carboxylic acids is 2. The van der Waals surface area contributed by atoms with E-state index in [9.17, 15) is 19.5 Å². The standard InChI is InChI=1S/C14H24N2O4/c1-10(2)14(3,13(19)20)8-11(17)15-9-12(18)16-6-4-5-7-16/h10H,4-9H2,1-3H3,(H,15,17)(H,19,20). The largest absolute Gasteiger partial charge is 0.481 e. The maximum Gasteiger partial charge on any atom is 0.310 e. The Morgan fingerprint density at radius 2 is 1.80 bits per heavy atom. The van der Waals surface area contributed by atoms with Gasteiger partial charge in [0.15, 0.2) is 0 Å². The quantitative estimate of drug-likeness (QED) is 0.757. The molecule has 0 radical (unpaired) electrons. The molecule has 2 amide bonds. The Morgan fingerprint density at radius 3 is 2.25 bits per heavy atom. The topological polar surface area (TPSA) is 86.7 Å². The number of nitrogens with zero attached hydrogens (tertiary/aromatic N) is 1. The van der Waals surface area contributed by atoms with Crippen molar-refractivity contribution >= 4 is 17.8 Å². The minimum atomic E-state index is -1.11. The van der Waals surface area contributed by atoms with Gasteiger partial charge in [-0.15, -0.1) is 0 Å². The van der Waals surface area contributed by atoms with Crippen molar-refractivity contribution in [2.75, 3.05) is 19.6 Å². The monoisotopic (exact) mass is 284 g/mol. The van der Waals surface area contributed by atoms with Crippen molar-refractivity contribution in [2.24, 2.45) is 11.3 Å². The summed E-state index contributed by atoms with van der Waals surface area (Å²) in [4.78, 5) is 36.6. The molecule has 6 heteroatoms. The highest BCUT2D eigenvalue weighted by atomic mass is 16.4. The molecule has 1 aliphatic heterocycles. The molecular weight excluding hydrogens is 260 g/mol. The molecule has 0 bridgehead atoms. The fourth-order valence-corrected chi connectivity index (χ4v) is 2.18. The van der Waals surface area contributed by atoms with Crippen LogP contribution in [0.2, 0.25) is 0 Å². The molecule has 1 unspecified atom stereocenters. The van der Waals surface area contributed by atoms with Crippen LogP contribution in [0.15, 0.2) is 0 Å².